The molecule has 2 aromatic rings. The number of carbonyl (C=O) groups excluding carboxylic acids is 2. The Balaban J connectivity index is 1.45. The van der Waals surface area contributed by atoms with Crippen LogP contribution in [0.4, 0.5) is 0 Å². The van der Waals surface area contributed by atoms with Crippen molar-refractivity contribution in [2.24, 2.45) is 0 Å². The maximum absolute atomic E-state index is 12.4. The van der Waals surface area contributed by atoms with Gasteiger partial charge in [-0.3, -0.25) is 9.59 Å². The zero-order valence-corrected chi connectivity index (χ0v) is 16.5. The third-order valence-electron chi connectivity index (χ3n) is 4.61. The van der Waals surface area contributed by atoms with Gasteiger partial charge in [0.05, 0.1) is 10.0 Å². The van der Waals surface area contributed by atoms with E-state index in [4.69, 9.17) is 23.2 Å². The third-order valence-corrected chi connectivity index (χ3v) is 6.15. The summed E-state index contributed by atoms with van der Waals surface area (Å²) in [6, 6.07) is 7.42. The maximum Gasteiger partial charge on any atom is 0.252 e. The van der Waals surface area contributed by atoms with Crippen molar-refractivity contribution in [1.29, 1.82) is 0 Å². The summed E-state index contributed by atoms with van der Waals surface area (Å²) < 4.78 is 0. The number of nitrogens with one attached hydrogen (secondary N) is 1. The fourth-order valence-corrected chi connectivity index (χ4v) is 4.13. The van der Waals surface area contributed by atoms with E-state index in [9.17, 15) is 9.59 Å². The quantitative estimate of drug-likeness (QED) is 0.793. The van der Waals surface area contributed by atoms with Crippen molar-refractivity contribution in [2.75, 3.05) is 13.1 Å². The first kappa shape index (κ1) is 19.2. The van der Waals surface area contributed by atoms with Crippen molar-refractivity contribution < 1.29 is 9.59 Å². The van der Waals surface area contributed by atoms with Gasteiger partial charge in [0.1, 0.15) is 0 Å². The Morgan fingerprint density at radius 2 is 1.96 bits per heavy atom. The Kier molecular flexibility index (Phi) is 6.57. The van der Waals surface area contributed by atoms with Crippen molar-refractivity contribution in [1.82, 2.24) is 10.2 Å². The molecule has 26 heavy (non-hydrogen) atoms. The van der Waals surface area contributed by atoms with Gasteiger partial charge in [0.15, 0.2) is 0 Å². The summed E-state index contributed by atoms with van der Waals surface area (Å²) in [6.45, 7) is 1.33. The van der Waals surface area contributed by atoms with Crippen LogP contribution >= 0.6 is 34.5 Å². The lowest BCUT2D eigenvalue weighted by Gasteiger charge is -2.32. The molecule has 1 fully saturated rings. The molecule has 1 saturated heterocycles. The molecule has 1 aromatic carbocycles. The molecule has 3 rings (SSSR count). The third kappa shape index (κ3) is 4.78. The summed E-state index contributed by atoms with van der Waals surface area (Å²) in [4.78, 5) is 26.4. The lowest BCUT2D eigenvalue weighted by molar-refractivity contribution is -0.132. The number of amides is 2. The summed E-state index contributed by atoms with van der Waals surface area (Å²) in [5.74, 6) is 0.0790. The van der Waals surface area contributed by atoms with Crippen molar-refractivity contribution in [3.63, 3.8) is 0 Å². The number of thiophene rings is 1. The lowest BCUT2D eigenvalue weighted by Crippen LogP contribution is -2.46. The second-order valence-corrected chi connectivity index (χ2v) is 7.92. The summed E-state index contributed by atoms with van der Waals surface area (Å²) in [5.41, 5.74) is 1.59. The van der Waals surface area contributed by atoms with E-state index in [0.717, 1.165) is 18.4 Å². The molecule has 1 aromatic heterocycles. The largest absolute Gasteiger partial charge is 0.349 e. The maximum atomic E-state index is 12.4. The van der Waals surface area contributed by atoms with E-state index < -0.39 is 0 Å². The number of hydrogen-bond acceptors (Lipinski definition) is 3. The normalized spacial score (nSPS) is 15.1. The second-order valence-electron chi connectivity index (χ2n) is 6.35. The topological polar surface area (TPSA) is 49.4 Å². The highest BCUT2D eigenvalue weighted by atomic mass is 35.5. The molecule has 0 spiro atoms. The lowest BCUT2D eigenvalue weighted by atomic mass is 10.0. The van der Waals surface area contributed by atoms with E-state index in [1.54, 1.807) is 6.07 Å². The first-order valence-electron chi connectivity index (χ1n) is 8.58. The van der Waals surface area contributed by atoms with Crippen LogP contribution in [0.1, 0.15) is 35.2 Å². The summed E-state index contributed by atoms with van der Waals surface area (Å²) in [7, 11) is 0. The molecule has 1 N–H and O–H groups in total. The van der Waals surface area contributed by atoms with Crippen LogP contribution in [0.25, 0.3) is 0 Å². The Morgan fingerprint density at radius 1 is 1.19 bits per heavy atom. The molecule has 0 saturated carbocycles. The van der Waals surface area contributed by atoms with E-state index in [2.05, 4.69) is 5.32 Å². The molecular weight excluding hydrogens is 391 g/mol. The molecule has 0 unspecified atom stereocenters. The minimum absolute atomic E-state index is 0.0355. The van der Waals surface area contributed by atoms with Crippen LogP contribution in [0.2, 0.25) is 10.0 Å². The molecule has 2 heterocycles. The standard InChI is InChI=1S/C19H20Cl2N2O2S/c20-16-3-1-2-13(18(16)21)4-5-17(24)23-9-6-15(7-10-23)22-19(25)14-8-11-26-12-14/h1-3,8,11-12,15H,4-7,9-10H2,(H,22,25). The molecule has 1 aliphatic rings. The number of hydrogen-bond donors (Lipinski definition) is 1. The Bertz CT molecular complexity index is 772. The number of benzene rings is 1. The Morgan fingerprint density at radius 3 is 2.65 bits per heavy atom. The highest BCUT2D eigenvalue weighted by molar-refractivity contribution is 7.08. The van der Waals surface area contributed by atoms with Crippen LogP contribution in [-0.4, -0.2) is 35.8 Å². The van der Waals surface area contributed by atoms with Crippen LogP contribution in [0, 0.1) is 0 Å². The predicted molar refractivity (Wildman–Crippen MR) is 106 cm³/mol. The first-order chi connectivity index (χ1) is 12.5. The van der Waals surface area contributed by atoms with E-state index in [0.29, 0.717) is 41.5 Å². The fraction of sp³-hybridized carbons (Fsp3) is 0.368. The molecule has 0 aliphatic carbocycles. The van der Waals surface area contributed by atoms with Crippen molar-refractivity contribution in [3.05, 3.63) is 56.2 Å². The number of aryl methyl sites for hydroxylation is 1. The SMILES string of the molecule is O=C(NC1CCN(C(=O)CCc2cccc(Cl)c2Cl)CC1)c1ccsc1. The summed E-state index contributed by atoms with van der Waals surface area (Å²) >= 11 is 13.7. The zero-order chi connectivity index (χ0) is 18.5. The number of nitrogens with zero attached hydrogens (tertiary/aromatic N) is 1. The number of piperidine rings is 1. The molecule has 0 radical (unpaired) electrons. The van der Waals surface area contributed by atoms with Gasteiger partial charge < -0.3 is 10.2 Å². The van der Waals surface area contributed by atoms with Gasteiger partial charge in [-0.2, -0.15) is 11.3 Å². The molecule has 0 bridgehead atoms. The van der Waals surface area contributed by atoms with Crippen LogP contribution in [-0.2, 0) is 11.2 Å². The van der Waals surface area contributed by atoms with Gasteiger partial charge in [0.2, 0.25) is 5.91 Å². The van der Waals surface area contributed by atoms with E-state index >= 15 is 0 Å². The number of likely N-dealkylation sites (tertiary alicyclic amines) is 1. The smallest absolute Gasteiger partial charge is 0.252 e. The van der Waals surface area contributed by atoms with Gasteiger partial charge in [-0.05, 0) is 42.3 Å². The summed E-state index contributed by atoms with van der Waals surface area (Å²) in [6.07, 6.45) is 2.54. The van der Waals surface area contributed by atoms with Gasteiger partial charge >= 0.3 is 0 Å². The number of carbonyl (C=O) groups is 2. The number of halogens is 2. The van der Waals surface area contributed by atoms with Gasteiger partial charge in [-0.1, -0.05) is 35.3 Å². The molecule has 2 amide bonds. The molecule has 4 nitrogen and oxygen atoms in total. The fourth-order valence-electron chi connectivity index (χ4n) is 3.08. The highest BCUT2D eigenvalue weighted by Crippen LogP contribution is 2.26. The highest BCUT2D eigenvalue weighted by Gasteiger charge is 2.24. The molecule has 0 atom stereocenters. The summed E-state index contributed by atoms with van der Waals surface area (Å²) in [5, 5.41) is 7.82. The number of rotatable bonds is 5. The van der Waals surface area contributed by atoms with Crippen molar-refractivity contribution in [3.8, 4) is 0 Å². The Hall–Kier alpha value is -1.56. The molecule has 7 heteroatoms. The van der Waals surface area contributed by atoms with Crippen LogP contribution in [0.15, 0.2) is 35.0 Å². The monoisotopic (exact) mass is 410 g/mol. The van der Waals surface area contributed by atoms with Gasteiger partial charge in [0, 0.05) is 36.5 Å². The van der Waals surface area contributed by atoms with E-state index in [1.807, 2.05) is 33.9 Å². The average Bonchev–Trinajstić information content (AvgIpc) is 3.18. The molecular formula is C19H20Cl2N2O2S. The first-order valence-corrected chi connectivity index (χ1v) is 10.3. The van der Waals surface area contributed by atoms with Crippen molar-refractivity contribution in [2.45, 2.75) is 31.7 Å². The van der Waals surface area contributed by atoms with Gasteiger partial charge in [0.25, 0.3) is 5.91 Å². The average molecular weight is 411 g/mol. The van der Waals surface area contributed by atoms with Gasteiger partial charge in [-0.25, -0.2) is 0 Å². The zero-order valence-electron chi connectivity index (χ0n) is 14.2. The predicted octanol–water partition coefficient (Wildman–Crippen LogP) is 4.41. The van der Waals surface area contributed by atoms with Crippen LogP contribution in [0.5, 0.6) is 0 Å². The van der Waals surface area contributed by atoms with E-state index in [1.165, 1.54) is 11.3 Å². The van der Waals surface area contributed by atoms with Gasteiger partial charge in [-0.15, -0.1) is 0 Å². The van der Waals surface area contributed by atoms with Crippen molar-refractivity contribution >= 4 is 46.4 Å². The van der Waals surface area contributed by atoms with Crippen LogP contribution < -0.4 is 5.32 Å². The van der Waals surface area contributed by atoms with E-state index in [-0.39, 0.29) is 17.9 Å². The molecule has 1 aliphatic heterocycles. The minimum atomic E-state index is -0.0355. The Labute approximate surface area is 167 Å². The minimum Gasteiger partial charge on any atom is -0.349 e. The van der Waals surface area contributed by atoms with Crippen LogP contribution in [0.3, 0.4) is 0 Å². The second kappa shape index (κ2) is 8.89. The molecule has 138 valence electrons.